The third-order valence-corrected chi connectivity index (χ3v) is 4.82. The zero-order valence-electron chi connectivity index (χ0n) is 13.7. The van der Waals surface area contributed by atoms with E-state index in [0.29, 0.717) is 37.5 Å². The van der Waals surface area contributed by atoms with Crippen LogP contribution >= 0.6 is 0 Å². The summed E-state index contributed by atoms with van der Waals surface area (Å²) in [6.45, 7) is 0.549. The number of carbonyl (C=O) groups is 2. The summed E-state index contributed by atoms with van der Waals surface area (Å²) in [5.41, 5.74) is 0.825. The summed E-state index contributed by atoms with van der Waals surface area (Å²) in [5.74, 6) is 1.02. The van der Waals surface area contributed by atoms with Crippen molar-refractivity contribution >= 4 is 11.8 Å². The molecule has 2 bridgehead atoms. The standard InChI is InChI=1S/C17H19N5O3/c23-14-9-12-1-2-13(10-19-14)22(12)16(24)4-3-15-20-17(21-25-15)11-5-7-18-8-6-11/h5-8,12-13H,1-4,9-10H2,(H,19,23)/t12-,13+/m0/s1. The lowest BCUT2D eigenvalue weighted by Gasteiger charge is -2.27. The lowest BCUT2D eigenvalue weighted by Crippen LogP contribution is -2.42. The van der Waals surface area contributed by atoms with Gasteiger partial charge in [0.25, 0.3) is 0 Å². The van der Waals surface area contributed by atoms with E-state index >= 15 is 0 Å². The van der Waals surface area contributed by atoms with E-state index in [9.17, 15) is 9.59 Å². The van der Waals surface area contributed by atoms with Gasteiger partial charge in [-0.1, -0.05) is 5.16 Å². The SMILES string of the molecule is O=C1C[C@@H]2CC[C@H](CN1)N2C(=O)CCc1nc(-c2ccncc2)no1. The molecule has 2 amide bonds. The van der Waals surface area contributed by atoms with E-state index in [1.165, 1.54) is 0 Å². The number of hydrogen-bond donors (Lipinski definition) is 1. The van der Waals surface area contributed by atoms with Crippen molar-refractivity contribution in [3.63, 3.8) is 0 Å². The van der Waals surface area contributed by atoms with Crippen LogP contribution in [0.3, 0.4) is 0 Å². The van der Waals surface area contributed by atoms with E-state index in [1.807, 2.05) is 4.90 Å². The maximum atomic E-state index is 12.7. The first kappa shape index (κ1) is 15.7. The third kappa shape index (κ3) is 3.24. The van der Waals surface area contributed by atoms with Crippen LogP contribution < -0.4 is 5.32 Å². The number of rotatable bonds is 4. The van der Waals surface area contributed by atoms with E-state index < -0.39 is 0 Å². The Labute approximate surface area is 144 Å². The highest BCUT2D eigenvalue weighted by atomic mass is 16.5. The second kappa shape index (κ2) is 6.62. The van der Waals surface area contributed by atoms with Gasteiger partial charge in [0.1, 0.15) is 0 Å². The van der Waals surface area contributed by atoms with Crippen molar-refractivity contribution in [2.24, 2.45) is 0 Å². The van der Waals surface area contributed by atoms with Gasteiger partial charge in [0.15, 0.2) is 0 Å². The van der Waals surface area contributed by atoms with Crippen LogP contribution in [0.25, 0.3) is 11.4 Å². The largest absolute Gasteiger partial charge is 0.354 e. The number of carbonyl (C=O) groups excluding carboxylic acids is 2. The summed E-state index contributed by atoms with van der Waals surface area (Å²) in [6.07, 6.45) is 6.28. The third-order valence-electron chi connectivity index (χ3n) is 4.82. The van der Waals surface area contributed by atoms with Crippen molar-refractivity contribution in [3.05, 3.63) is 30.4 Å². The predicted octanol–water partition coefficient (Wildman–Crippen LogP) is 0.944. The number of pyridine rings is 1. The van der Waals surface area contributed by atoms with Crippen LogP contribution in [0.15, 0.2) is 29.0 Å². The summed E-state index contributed by atoms with van der Waals surface area (Å²) < 4.78 is 5.25. The molecule has 0 aliphatic carbocycles. The Morgan fingerprint density at radius 3 is 2.92 bits per heavy atom. The maximum Gasteiger partial charge on any atom is 0.227 e. The fourth-order valence-corrected chi connectivity index (χ4v) is 3.60. The number of aromatic nitrogens is 3. The smallest absolute Gasteiger partial charge is 0.227 e. The van der Waals surface area contributed by atoms with Crippen LogP contribution in [0.5, 0.6) is 0 Å². The van der Waals surface area contributed by atoms with E-state index in [0.717, 1.165) is 18.4 Å². The normalized spacial score (nSPS) is 22.6. The molecule has 0 saturated carbocycles. The molecule has 8 heteroatoms. The molecule has 0 spiro atoms. The summed E-state index contributed by atoms with van der Waals surface area (Å²) in [7, 11) is 0. The van der Waals surface area contributed by atoms with Gasteiger partial charge in [0.05, 0.1) is 0 Å². The summed E-state index contributed by atoms with van der Waals surface area (Å²) in [6, 6.07) is 3.74. The molecule has 25 heavy (non-hydrogen) atoms. The topological polar surface area (TPSA) is 101 Å². The van der Waals surface area contributed by atoms with Gasteiger partial charge in [-0.2, -0.15) is 4.98 Å². The molecule has 2 aromatic rings. The first-order chi connectivity index (χ1) is 12.2. The molecule has 130 valence electrons. The monoisotopic (exact) mass is 341 g/mol. The van der Waals surface area contributed by atoms with Gasteiger partial charge in [-0.05, 0) is 25.0 Å². The highest BCUT2D eigenvalue weighted by molar-refractivity contribution is 5.81. The molecule has 2 aliphatic rings. The minimum absolute atomic E-state index is 0.0232. The van der Waals surface area contributed by atoms with E-state index in [4.69, 9.17) is 4.52 Å². The first-order valence-electron chi connectivity index (χ1n) is 8.51. The minimum atomic E-state index is 0.0232. The lowest BCUT2D eigenvalue weighted by molar-refractivity contribution is -0.134. The molecule has 2 aromatic heterocycles. The average molecular weight is 341 g/mol. The molecule has 0 aromatic carbocycles. The first-order valence-corrected chi connectivity index (χ1v) is 8.51. The molecule has 1 N–H and O–H groups in total. The Bertz CT molecular complexity index is 776. The highest BCUT2D eigenvalue weighted by Crippen LogP contribution is 2.29. The lowest BCUT2D eigenvalue weighted by atomic mass is 10.1. The van der Waals surface area contributed by atoms with Crippen molar-refractivity contribution in [2.45, 2.75) is 44.2 Å². The van der Waals surface area contributed by atoms with Crippen molar-refractivity contribution in [2.75, 3.05) is 6.54 Å². The number of nitrogens with zero attached hydrogens (tertiary/aromatic N) is 4. The molecule has 4 heterocycles. The van der Waals surface area contributed by atoms with Gasteiger partial charge >= 0.3 is 0 Å². The summed E-state index contributed by atoms with van der Waals surface area (Å²) in [5, 5.41) is 6.83. The van der Waals surface area contributed by atoms with Crippen molar-refractivity contribution in [3.8, 4) is 11.4 Å². The van der Waals surface area contributed by atoms with Gasteiger partial charge in [-0.25, -0.2) is 0 Å². The number of nitrogens with one attached hydrogen (secondary N) is 1. The molecular weight excluding hydrogens is 322 g/mol. The number of fused-ring (bicyclic) bond motifs is 2. The summed E-state index contributed by atoms with van der Waals surface area (Å²) in [4.78, 5) is 34.5. The molecule has 8 nitrogen and oxygen atoms in total. The van der Waals surface area contributed by atoms with Gasteiger partial charge < -0.3 is 14.7 Å². The molecule has 0 unspecified atom stereocenters. The second-order valence-corrected chi connectivity index (χ2v) is 6.44. The zero-order chi connectivity index (χ0) is 17.2. The van der Waals surface area contributed by atoms with E-state index in [2.05, 4.69) is 20.4 Å². The molecule has 4 rings (SSSR count). The zero-order valence-corrected chi connectivity index (χ0v) is 13.7. The highest BCUT2D eigenvalue weighted by Gasteiger charge is 2.39. The van der Waals surface area contributed by atoms with Crippen LogP contribution in [0.1, 0.15) is 31.6 Å². The van der Waals surface area contributed by atoms with Gasteiger partial charge in [0, 0.05) is 55.8 Å². The molecule has 0 radical (unpaired) electrons. The van der Waals surface area contributed by atoms with Crippen LogP contribution in [0.4, 0.5) is 0 Å². The quantitative estimate of drug-likeness (QED) is 0.888. The van der Waals surface area contributed by atoms with Crippen molar-refractivity contribution in [1.82, 2.24) is 25.3 Å². The van der Waals surface area contributed by atoms with Crippen molar-refractivity contribution < 1.29 is 14.1 Å². The van der Waals surface area contributed by atoms with Crippen molar-refractivity contribution in [1.29, 1.82) is 0 Å². The number of amides is 2. The van der Waals surface area contributed by atoms with Crippen LogP contribution in [0.2, 0.25) is 0 Å². The Balaban J connectivity index is 1.39. The molecule has 2 saturated heterocycles. The number of aryl methyl sites for hydroxylation is 1. The molecule has 2 atom stereocenters. The Morgan fingerprint density at radius 2 is 2.08 bits per heavy atom. The van der Waals surface area contributed by atoms with E-state index in [1.54, 1.807) is 24.5 Å². The van der Waals surface area contributed by atoms with Crippen LogP contribution in [0, 0.1) is 0 Å². The van der Waals surface area contributed by atoms with Crippen LogP contribution in [-0.4, -0.2) is 50.5 Å². The maximum absolute atomic E-state index is 12.7. The Morgan fingerprint density at radius 1 is 1.28 bits per heavy atom. The Kier molecular flexibility index (Phi) is 4.17. The molecule has 2 fully saturated rings. The predicted molar refractivity (Wildman–Crippen MR) is 87.1 cm³/mol. The number of hydrogen-bond acceptors (Lipinski definition) is 6. The van der Waals surface area contributed by atoms with Gasteiger partial charge in [-0.3, -0.25) is 14.6 Å². The fourth-order valence-electron chi connectivity index (χ4n) is 3.60. The minimum Gasteiger partial charge on any atom is -0.354 e. The molecule has 2 aliphatic heterocycles. The molecular formula is C17H19N5O3. The van der Waals surface area contributed by atoms with Gasteiger partial charge in [0.2, 0.25) is 23.5 Å². The van der Waals surface area contributed by atoms with Crippen LogP contribution in [-0.2, 0) is 16.0 Å². The van der Waals surface area contributed by atoms with E-state index in [-0.39, 0.29) is 23.9 Å². The Hall–Kier alpha value is -2.77. The van der Waals surface area contributed by atoms with Gasteiger partial charge in [-0.15, -0.1) is 0 Å². The summed E-state index contributed by atoms with van der Waals surface area (Å²) >= 11 is 0. The fraction of sp³-hybridized carbons (Fsp3) is 0.471. The second-order valence-electron chi connectivity index (χ2n) is 6.44. The average Bonchev–Trinajstić information content (AvgIpc) is 3.21.